The van der Waals surface area contributed by atoms with Crippen LogP contribution in [0.3, 0.4) is 0 Å². The Balaban J connectivity index is 3.17. The first-order chi connectivity index (χ1) is 17.6. The van der Waals surface area contributed by atoms with E-state index >= 15 is 0 Å². The average Bonchev–Trinajstić information content (AvgIpc) is 2.88. The minimum Gasteiger partial charge on any atom is -0.504 e. The van der Waals surface area contributed by atoms with Gasteiger partial charge in [-0.2, -0.15) is 0 Å². The molecule has 1 aromatic carbocycles. The van der Waals surface area contributed by atoms with Gasteiger partial charge in [0, 0.05) is 11.1 Å². The predicted octanol–water partition coefficient (Wildman–Crippen LogP) is 10.0. The van der Waals surface area contributed by atoms with Gasteiger partial charge in [0.1, 0.15) is 0 Å². The third kappa shape index (κ3) is 12.6. The van der Waals surface area contributed by atoms with Gasteiger partial charge in [-0.1, -0.05) is 118 Å². The Morgan fingerprint density at radius 2 is 0.806 bits per heavy atom. The van der Waals surface area contributed by atoms with Crippen molar-refractivity contribution in [3.63, 3.8) is 0 Å². The molecular weight excluding hydrogens is 448 g/mol. The molecule has 0 radical (unpaired) electrons. The lowest BCUT2D eigenvalue weighted by Crippen LogP contribution is -2.08. The summed E-state index contributed by atoms with van der Waals surface area (Å²) in [7, 11) is 0. The minimum atomic E-state index is -0.135. The maximum atomic E-state index is 11.1. The summed E-state index contributed by atoms with van der Waals surface area (Å²) in [6.45, 7) is 9.99. The van der Waals surface area contributed by atoms with Gasteiger partial charge in [-0.25, -0.2) is 0 Å². The molecule has 36 heavy (non-hydrogen) atoms. The van der Waals surface area contributed by atoms with Gasteiger partial charge in [0.2, 0.25) is 11.5 Å². The molecule has 2 N–H and O–H groups in total. The first-order valence-electron chi connectivity index (χ1n) is 15.5. The van der Waals surface area contributed by atoms with Crippen molar-refractivity contribution in [1.82, 2.24) is 0 Å². The van der Waals surface area contributed by atoms with Gasteiger partial charge in [0.15, 0.2) is 11.5 Å². The molecule has 0 aliphatic heterocycles. The zero-order chi connectivity index (χ0) is 26.4. The van der Waals surface area contributed by atoms with E-state index in [1.54, 1.807) is 0 Å². The van der Waals surface area contributed by atoms with E-state index in [9.17, 15) is 10.2 Å². The monoisotopic (exact) mass is 506 g/mol. The number of phenols is 2. The fourth-order valence-electron chi connectivity index (χ4n) is 4.81. The fourth-order valence-corrected chi connectivity index (χ4v) is 4.81. The van der Waals surface area contributed by atoms with Crippen LogP contribution in [0.1, 0.15) is 154 Å². The molecule has 0 aliphatic carbocycles. The summed E-state index contributed by atoms with van der Waals surface area (Å²) in [5.41, 5.74) is 1.94. The first kappa shape index (κ1) is 32.4. The van der Waals surface area contributed by atoms with Crippen molar-refractivity contribution in [2.75, 3.05) is 13.2 Å². The molecule has 0 spiro atoms. The Morgan fingerprint density at radius 1 is 0.417 bits per heavy atom. The third-order valence-electron chi connectivity index (χ3n) is 7.12. The maximum absolute atomic E-state index is 11.1. The highest BCUT2D eigenvalue weighted by Gasteiger charge is 2.26. The summed E-state index contributed by atoms with van der Waals surface area (Å²) in [6.07, 6.45) is 22.5. The Hall–Kier alpha value is -1.58. The molecule has 1 rings (SSSR count). The number of hydrogen-bond acceptors (Lipinski definition) is 4. The second kappa shape index (κ2) is 21.5. The highest BCUT2D eigenvalue weighted by Crippen LogP contribution is 2.50. The van der Waals surface area contributed by atoms with Crippen LogP contribution in [0.5, 0.6) is 23.0 Å². The molecule has 0 aliphatic rings. The molecule has 4 nitrogen and oxygen atoms in total. The number of aromatic hydroxyl groups is 2. The lowest BCUT2D eigenvalue weighted by atomic mass is 9.93. The largest absolute Gasteiger partial charge is 0.504 e. The smallest absolute Gasteiger partial charge is 0.207 e. The topological polar surface area (TPSA) is 58.9 Å². The lowest BCUT2D eigenvalue weighted by molar-refractivity contribution is 0.243. The average molecular weight is 507 g/mol. The Morgan fingerprint density at radius 3 is 1.31 bits per heavy atom. The number of hydrogen-bond donors (Lipinski definition) is 2. The van der Waals surface area contributed by atoms with Gasteiger partial charge < -0.3 is 19.7 Å². The molecule has 0 atom stereocenters. The van der Waals surface area contributed by atoms with Crippen molar-refractivity contribution in [2.24, 2.45) is 0 Å². The highest BCUT2D eigenvalue weighted by molar-refractivity contribution is 5.66. The molecule has 0 amide bonds. The molecule has 210 valence electrons. The van der Waals surface area contributed by atoms with Crippen LogP contribution in [-0.2, 0) is 12.8 Å². The summed E-state index contributed by atoms with van der Waals surface area (Å²) in [4.78, 5) is 0. The van der Waals surface area contributed by atoms with E-state index in [-0.39, 0.29) is 11.5 Å². The second-order valence-electron chi connectivity index (χ2n) is 10.5. The number of unbranched alkanes of at least 4 members (excludes halogenated alkanes) is 14. The van der Waals surface area contributed by atoms with Crippen molar-refractivity contribution in [2.45, 2.75) is 156 Å². The molecule has 0 bridgehead atoms. The second-order valence-corrected chi connectivity index (χ2v) is 10.5. The molecule has 0 saturated carbocycles. The summed E-state index contributed by atoms with van der Waals surface area (Å²) in [5.74, 6) is 0.917. The summed E-state index contributed by atoms with van der Waals surface area (Å²) in [5, 5.41) is 22.2. The molecule has 0 saturated heterocycles. The van der Waals surface area contributed by atoms with Crippen LogP contribution >= 0.6 is 0 Å². The van der Waals surface area contributed by atoms with Crippen molar-refractivity contribution < 1.29 is 19.7 Å². The van der Waals surface area contributed by atoms with Crippen LogP contribution in [0.4, 0.5) is 0 Å². The van der Waals surface area contributed by atoms with Crippen LogP contribution in [-0.4, -0.2) is 23.4 Å². The van der Waals surface area contributed by atoms with E-state index in [1.165, 1.54) is 57.8 Å². The lowest BCUT2D eigenvalue weighted by Gasteiger charge is -2.22. The van der Waals surface area contributed by atoms with Crippen molar-refractivity contribution >= 4 is 0 Å². The van der Waals surface area contributed by atoms with Crippen LogP contribution in [0.25, 0.3) is 0 Å². The number of benzene rings is 1. The minimum absolute atomic E-state index is 0.0101. The Kier molecular flexibility index (Phi) is 19.4. The number of rotatable bonds is 24. The van der Waals surface area contributed by atoms with Crippen molar-refractivity contribution in [3.8, 4) is 23.0 Å². The van der Waals surface area contributed by atoms with Crippen LogP contribution in [0.15, 0.2) is 0 Å². The summed E-state index contributed by atoms with van der Waals surface area (Å²) in [6, 6.07) is 0. The highest BCUT2D eigenvalue weighted by atomic mass is 16.5. The molecular formula is C32H58O4. The quantitative estimate of drug-likeness (QED) is 0.108. The predicted molar refractivity (Wildman–Crippen MR) is 154 cm³/mol. The standard InChI is InChI=1S/C32H58O4/c1-5-9-13-15-17-19-23-27-28(24-20-18-16-14-10-6-2)31(35-25-21-11-7-3)32(30(34)29(27)33)36-26-22-12-8-4/h33-34H,5-26H2,1-4H3. The normalized spacial score (nSPS) is 11.2. The van der Waals surface area contributed by atoms with E-state index in [0.717, 1.165) is 81.8 Å². The van der Waals surface area contributed by atoms with Crippen LogP contribution in [0.2, 0.25) is 0 Å². The molecule has 4 heteroatoms. The number of phenolic OH excluding ortho intramolecular Hbond substituents is 2. The van der Waals surface area contributed by atoms with Gasteiger partial charge in [-0.3, -0.25) is 0 Å². The van der Waals surface area contributed by atoms with Gasteiger partial charge in [0.25, 0.3) is 0 Å². The van der Waals surface area contributed by atoms with Gasteiger partial charge in [-0.15, -0.1) is 0 Å². The fraction of sp³-hybridized carbons (Fsp3) is 0.812. The van der Waals surface area contributed by atoms with Crippen molar-refractivity contribution in [3.05, 3.63) is 11.1 Å². The third-order valence-corrected chi connectivity index (χ3v) is 7.12. The van der Waals surface area contributed by atoms with Crippen molar-refractivity contribution in [1.29, 1.82) is 0 Å². The van der Waals surface area contributed by atoms with Crippen LogP contribution in [0, 0.1) is 0 Å². The molecule has 0 heterocycles. The molecule has 0 fully saturated rings. The molecule has 0 unspecified atom stereocenters. The number of ether oxygens (including phenoxy) is 2. The van der Waals surface area contributed by atoms with E-state index in [1.807, 2.05) is 0 Å². The zero-order valence-corrected chi connectivity index (χ0v) is 24.3. The first-order valence-corrected chi connectivity index (χ1v) is 15.5. The van der Waals surface area contributed by atoms with E-state index < -0.39 is 0 Å². The molecule has 0 aromatic heterocycles. The van der Waals surface area contributed by atoms with Gasteiger partial charge in [0.05, 0.1) is 13.2 Å². The Bertz CT molecular complexity index is 671. The van der Waals surface area contributed by atoms with Crippen LogP contribution < -0.4 is 9.47 Å². The van der Waals surface area contributed by atoms with E-state index in [2.05, 4.69) is 27.7 Å². The SMILES string of the molecule is CCCCCCCCc1c(O)c(O)c(OCCCCC)c(OCCCCC)c1CCCCCCCC. The van der Waals surface area contributed by atoms with E-state index in [0.29, 0.717) is 24.7 Å². The Labute approximate surface area is 223 Å². The zero-order valence-electron chi connectivity index (χ0n) is 24.3. The maximum Gasteiger partial charge on any atom is 0.207 e. The molecule has 1 aromatic rings. The van der Waals surface area contributed by atoms with E-state index in [4.69, 9.17) is 9.47 Å². The summed E-state index contributed by atoms with van der Waals surface area (Å²) >= 11 is 0. The summed E-state index contributed by atoms with van der Waals surface area (Å²) < 4.78 is 12.5. The van der Waals surface area contributed by atoms with Gasteiger partial charge in [-0.05, 0) is 38.5 Å². The van der Waals surface area contributed by atoms with Gasteiger partial charge >= 0.3 is 0 Å².